The number of ether oxygens (including phenoxy) is 1. The first-order chi connectivity index (χ1) is 18.8. The topological polar surface area (TPSA) is 9.23 Å². The van der Waals surface area contributed by atoms with Crippen LogP contribution in [-0.4, -0.2) is 15.1 Å². The van der Waals surface area contributed by atoms with Crippen LogP contribution in [0.4, 0.5) is 0 Å². The minimum atomic E-state index is -2.14. The summed E-state index contributed by atoms with van der Waals surface area (Å²) in [5.41, 5.74) is 5.96. The molecule has 0 radical (unpaired) electrons. The van der Waals surface area contributed by atoms with Crippen LogP contribution in [0, 0.1) is 0 Å². The monoisotopic (exact) mass is 588 g/mol. The van der Waals surface area contributed by atoms with Crippen molar-refractivity contribution in [2.75, 3.05) is 0 Å². The van der Waals surface area contributed by atoms with Gasteiger partial charge in [0.05, 0.1) is 0 Å². The molecule has 5 aromatic carbocycles. The van der Waals surface area contributed by atoms with E-state index >= 15 is 0 Å². The summed E-state index contributed by atoms with van der Waals surface area (Å²) in [6.45, 7) is 6.85. The zero-order chi connectivity index (χ0) is 26.6. The molecule has 1 nitrogen and oxygen atoms in total. The molecule has 190 valence electrons. The molecular formula is C36H29OPSe. The van der Waals surface area contributed by atoms with E-state index in [0.29, 0.717) is 0 Å². The molecule has 2 aliphatic heterocycles. The van der Waals surface area contributed by atoms with E-state index < -0.39 is 5.51 Å². The molecule has 39 heavy (non-hydrogen) atoms. The minimum absolute atomic E-state index is 0.0925. The van der Waals surface area contributed by atoms with Gasteiger partial charge in [0.15, 0.2) is 0 Å². The van der Waals surface area contributed by atoms with E-state index in [1.54, 1.807) is 0 Å². The molecule has 0 aromatic heterocycles. The van der Waals surface area contributed by atoms with Crippen molar-refractivity contribution in [1.82, 2.24) is 0 Å². The van der Waals surface area contributed by atoms with Gasteiger partial charge >= 0.3 is 239 Å². The number of fused-ring (bicyclic) bond motifs is 7. The Bertz CT molecular complexity index is 1910. The molecule has 3 heteroatoms. The summed E-state index contributed by atoms with van der Waals surface area (Å²) in [6.07, 6.45) is 2.37. The average molecular weight is 588 g/mol. The molecule has 3 aliphatic rings. The van der Waals surface area contributed by atoms with Crippen molar-refractivity contribution < 1.29 is 4.74 Å². The third kappa shape index (κ3) is 2.90. The maximum atomic E-state index is 7.23. The summed E-state index contributed by atoms with van der Waals surface area (Å²) in [5, 5.41) is 5.00. The van der Waals surface area contributed by atoms with E-state index in [0.717, 1.165) is 5.75 Å². The van der Waals surface area contributed by atoms with Crippen molar-refractivity contribution in [2.24, 2.45) is 0 Å². The van der Waals surface area contributed by atoms with Crippen molar-refractivity contribution >= 4 is 53.6 Å². The number of hydrogen-bond donors (Lipinski definition) is 0. The fraction of sp³-hybridized carbons (Fsp3) is 0.167. The second kappa shape index (κ2) is 7.95. The van der Waals surface area contributed by atoms with Crippen LogP contribution in [0.1, 0.15) is 54.7 Å². The van der Waals surface area contributed by atoms with Gasteiger partial charge in [-0.2, -0.15) is 0 Å². The molecule has 0 fully saturated rings. The van der Waals surface area contributed by atoms with Crippen LogP contribution in [0.2, 0.25) is 0 Å². The second-order valence-electron chi connectivity index (χ2n) is 12.0. The molecule has 8 rings (SSSR count). The molecule has 0 saturated carbocycles. The van der Waals surface area contributed by atoms with Gasteiger partial charge in [0.25, 0.3) is 0 Å². The zero-order valence-electron chi connectivity index (χ0n) is 22.3. The molecule has 0 bridgehead atoms. The molecule has 2 unspecified atom stereocenters. The third-order valence-corrected chi connectivity index (χ3v) is 17.2. The van der Waals surface area contributed by atoms with Crippen LogP contribution in [0.5, 0.6) is 5.75 Å². The SMILES string of the molecule is CC(C)(C)c1ccc2c3c(ccc2c1)O[C@H]1c2ccccc2P(=[Se])(c2ccccc2)C12C3=Cc1ccccc12. The number of hydrogen-bond acceptors (Lipinski definition) is 1. The Balaban J connectivity index is 1.52. The quantitative estimate of drug-likeness (QED) is 0.142. The Hall–Kier alpha value is -3.15. The molecule has 5 aromatic rings. The van der Waals surface area contributed by atoms with Crippen molar-refractivity contribution in [1.29, 1.82) is 0 Å². The van der Waals surface area contributed by atoms with E-state index in [4.69, 9.17) is 4.74 Å². The van der Waals surface area contributed by atoms with Gasteiger partial charge in [-0.3, -0.25) is 0 Å². The van der Waals surface area contributed by atoms with Crippen LogP contribution >= 0.6 is 5.51 Å². The van der Waals surface area contributed by atoms with Crippen LogP contribution in [0.15, 0.2) is 109 Å². The van der Waals surface area contributed by atoms with Gasteiger partial charge in [-0.1, -0.05) is 0 Å². The van der Waals surface area contributed by atoms with Crippen LogP contribution in [0.3, 0.4) is 0 Å². The molecule has 1 spiro atoms. The van der Waals surface area contributed by atoms with Gasteiger partial charge in [-0.05, 0) is 0 Å². The van der Waals surface area contributed by atoms with E-state index in [-0.39, 0.29) is 16.7 Å². The third-order valence-electron chi connectivity index (χ3n) is 9.00. The molecule has 0 amide bonds. The zero-order valence-corrected chi connectivity index (χ0v) is 24.9. The first-order valence-electron chi connectivity index (χ1n) is 13.7. The summed E-state index contributed by atoms with van der Waals surface area (Å²) in [6, 6.07) is 40.6. The van der Waals surface area contributed by atoms with E-state index in [2.05, 4.69) is 151 Å². The first-order valence-corrected chi connectivity index (χ1v) is 17.7. The normalized spacial score (nSPS) is 24.2. The molecule has 0 N–H and O–H groups in total. The number of benzene rings is 5. The second-order valence-corrected chi connectivity index (χ2v) is 18.4. The molecular weight excluding hydrogens is 558 g/mol. The Morgan fingerprint density at radius 2 is 1.54 bits per heavy atom. The maximum absolute atomic E-state index is 7.23. The molecule has 3 atom stereocenters. The van der Waals surface area contributed by atoms with E-state index in [9.17, 15) is 0 Å². The van der Waals surface area contributed by atoms with E-state index in [1.165, 1.54) is 54.8 Å². The summed E-state index contributed by atoms with van der Waals surface area (Å²) < 4.78 is 7.23. The van der Waals surface area contributed by atoms with Crippen molar-refractivity contribution in [2.45, 2.75) is 37.4 Å². The summed E-state index contributed by atoms with van der Waals surface area (Å²) in [5.74, 6) is 0.988. The van der Waals surface area contributed by atoms with E-state index in [1.807, 2.05) is 0 Å². The van der Waals surface area contributed by atoms with Crippen molar-refractivity contribution in [3.8, 4) is 5.75 Å². The molecule has 2 heterocycles. The van der Waals surface area contributed by atoms with Gasteiger partial charge < -0.3 is 0 Å². The average Bonchev–Trinajstić information content (AvgIpc) is 3.43. The van der Waals surface area contributed by atoms with Gasteiger partial charge in [0.1, 0.15) is 0 Å². The Morgan fingerprint density at radius 1 is 0.795 bits per heavy atom. The Morgan fingerprint density at radius 3 is 2.36 bits per heavy atom. The van der Waals surface area contributed by atoms with Crippen LogP contribution in [-0.2, 0) is 10.6 Å². The van der Waals surface area contributed by atoms with Gasteiger partial charge in [0, 0.05) is 0 Å². The Labute approximate surface area is 237 Å². The molecule has 1 aliphatic carbocycles. The van der Waals surface area contributed by atoms with Gasteiger partial charge in [0.2, 0.25) is 0 Å². The van der Waals surface area contributed by atoms with Crippen molar-refractivity contribution in [3.63, 3.8) is 0 Å². The van der Waals surface area contributed by atoms with Crippen molar-refractivity contribution in [3.05, 3.63) is 137 Å². The fourth-order valence-corrected chi connectivity index (χ4v) is 15.0. The Kier molecular flexibility index (Phi) is 4.84. The first kappa shape index (κ1) is 23.7. The predicted molar refractivity (Wildman–Crippen MR) is 167 cm³/mol. The summed E-state index contributed by atoms with van der Waals surface area (Å²) in [4.78, 5) is 0. The predicted octanol–water partition coefficient (Wildman–Crippen LogP) is 8.09. The number of rotatable bonds is 1. The standard InChI is InChI=1S/C36H29OPSe/c1-35(2,3)25-18-19-27-23(21-25)17-20-31-33(27)30-22-24-11-7-9-15-29(24)36(30)34(37-31)28-14-8-10-16-32(28)38(36,39)26-12-5-4-6-13-26/h4-22,34H,1-3H3/t34-,36?,38?/m0/s1. The van der Waals surface area contributed by atoms with Gasteiger partial charge in [-0.25, -0.2) is 0 Å². The van der Waals surface area contributed by atoms with Gasteiger partial charge in [-0.15, -0.1) is 0 Å². The summed E-state index contributed by atoms with van der Waals surface area (Å²) >= 11 is 3.93. The van der Waals surface area contributed by atoms with Crippen LogP contribution < -0.4 is 15.3 Å². The van der Waals surface area contributed by atoms with Crippen LogP contribution in [0.25, 0.3) is 22.4 Å². The summed E-state index contributed by atoms with van der Waals surface area (Å²) in [7, 11) is 0. The fourth-order valence-electron chi connectivity index (χ4n) is 7.25. The molecule has 0 saturated heterocycles.